The van der Waals surface area contributed by atoms with Gasteiger partial charge in [-0.15, -0.1) is 13.2 Å². The summed E-state index contributed by atoms with van der Waals surface area (Å²) in [6.07, 6.45) is 4.23. The molecule has 1 aromatic rings. The SMILES string of the molecule is C=CCN(Cc1ccccc1)C(=O)[C@@H]1[C@H]2C(=O)N(CCCO)C(C(=O)N(CC=C)C(C)C)C23CC(C)[C@@]1(C)O3. The highest BCUT2D eigenvalue weighted by molar-refractivity contribution is 5.99. The Morgan fingerprint density at radius 2 is 1.85 bits per heavy atom. The van der Waals surface area contributed by atoms with Crippen molar-refractivity contribution in [2.45, 2.75) is 70.4 Å². The number of carbonyl (C=O) groups is 3. The smallest absolute Gasteiger partial charge is 0.248 e. The maximum Gasteiger partial charge on any atom is 0.248 e. The molecule has 0 radical (unpaired) electrons. The van der Waals surface area contributed by atoms with Crippen LogP contribution in [-0.2, 0) is 25.7 Å². The van der Waals surface area contributed by atoms with Crippen molar-refractivity contribution in [1.29, 1.82) is 0 Å². The lowest BCUT2D eigenvalue weighted by Gasteiger charge is -2.39. The zero-order chi connectivity index (χ0) is 28.5. The topological polar surface area (TPSA) is 90.4 Å². The number of rotatable bonds is 12. The van der Waals surface area contributed by atoms with Crippen LogP contribution in [0.1, 0.15) is 46.1 Å². The molecule has 3 amide bonds. The molecule has 2 bridgehead atoms. The molecule has 3 fully saturated rings. The summed E-state index contributed by atoms with van der Waals surface area (Å²) in [5.74, 6) is -2.15. The van der Waals surface area contributed by atoms with E-state index in [0.717, 1.165) is 5.56 Å². The minimum atomic E-state index is -1.11. The number of nitrogens with zero attached hydrogens (tertiary/aromatic N) is 3. The highest BCUT2D eigenvalue weighted by Crippen LogP contribution is 2.65. The largest absolute Gasteiger partial charge is 0.396 e. The Morgan fingerprint density at radius 1 is 1.18 bits per heavy atom. The quantitative estimate of drug-likeness (QED) is 0.414. The normalized spacial score (nSPS) is 30.9. The van der Waals surface area contributed by atoms with Gasteiger partial charge in [0.25, 0.3) is 0 Å². The third-order valence-electron chi connectivity index (χ3n) is 8.98. The predicted molar refractivity (Wildman–Crippen MR) is 149 cm³/mol. The van der Waals surface area contributed by atoms with Crippen LogP contribution >= 0.6 is 0 Å². The van der Waals surface area contributed by atoms with Crippen LogP contribution in [0.3, 0.4) is 0 Å². The number of carbonyl (C=O) groups excluding carboxylic acids is 3. The van der Waals surface area contributed by atoms with Crippen molar-refractivity contribution in [1.82, 2.24) is 14.7 Å². The number of fused-ring (bicyclic) bond motifs is 1. The lowest BCUT2D eigenvalue weighted by Crippen LogP contribution is -2.58. The maximum absolute atomic E-state index is 14.4. The van der Waals surface area contributed by atoms with Crippen LogP contribution in [0.5, 0.6) is 0 Å². The van der Waals surface area contributed by atoms with Crippen LogP contribution < -0.4 is 0 Å². The highest BCUT2D eigenvalue weighted by atomic mass is 16.5. The van der Waals surface area contributed by atoms with Gasteiger partial charge in [-0.2, -0.15) is 0 Å². The van der Waals surface area contributed by atoms with Gasteiger partial charge in [-0.3, -0.25) is 14.4 Å². The van der Waals surface area contributed by atoms with E-state index in [1.165, 1.54) is 0 Å². The Balaban J connectivity index is 1.78. The fraction of sp³-hybridized carbons (Fsp3) is 0.581. The van der Waals surface area contributed by atoms with E-state index in [1.807, 2.05) is 58.0 Å². The molecule has 3 heterocycles. The van der Waals surface area contributed by atoms with Crippen molar-refractivity contribution in [3.63, 3.8) is 0 Å². The van der Waals surface area contributed by atoms with Gasteiger partial charge in [0.05, 0.1) is 17.4 Å². The molecule has 0 saturated carbocycles. The van der Waals surface area contributed by atoms with Crippen LogP contribution in [0.4, 0.5) is 0 Å². The molecule has 3 saturated heterocycles. The summed E-state index contributed by atoms with van der Waals surface area (Å²) in [5.41, 5.74) is -1.02. The summed E-state index contributed by atoms with van der Waals surface area (Å²) in [6, 6.07) is 8.76. The van der Waals surface area contributed by atoms with Gasteiger partial charge < -0.3 is 24.5 Å². The number of likely N-dealkylation sites (tertiary alicyclic amines) is 1. The molecular weight excluding hydrogens is 494 g/mol. The number of aliphatic hydroxyl groups excluding tert-OH is 1. The second-order valence-electron chi connectivity index (χ2n) is 11.7. The van der Waals surface area contributed by atoms with Crippen LogP contribution in [0.2, 0.25) is 0 Å². The van der Waals surface area contributed by atoms with Gasteiger partial charge in [0.15, 0.2) is 0 Å². The molecule has 212 valence electrons. The first kappa shape index (κ1) is 29.0. The highest BCUT2D eigenvalue weighted by Gasteiger charge is 2.80. The van der Waals surface area contributed by atoms with Crippen molar-refractivity contribution in [2.75, 3.05) is 26.2 Å². The lowest BCUT2D eigenvalue weighted by atomic mass is 9.62. The molecule has 1 N–H and O–H groups in total. The van der Waals surface area contributed by atoms with Crippen molar-refractivity contribution >= 4 is 17.7 Å². The molecular formula is C31H43N3O5. The number of aliphatic hydroxyl groups is 1. The fourth-order valence-corrected chi connectivity index (χ4v) is 7.12. The van der Waals surface area contributed by atoms with Crippen LogP contribution in [-0.4, -0.2) is 87.1 Å². The molecule has 0 aromatic heterocycles. The average molecular weight is 538 g/mol. The summed E-state index contributed by atoms with van der Waals surface area (Å²) in [4.78, 5) is 47.9. The van der Waals surface area contributed by atoms with E-state index < -0.39 is 29.1 Å². The van der Waals surface area contributed by atoms with Gasteiger partial charge in [0.2, 0.25) is 17.7 Å². The molecule has 3 aliphatic heterocycles. The number of ether oxygens (including phenoxy) is 1. The van der Waals surface area contributed by atoms with E-state index in [0.29, 0.717) is 32.5 Å². The Labute approximate surface area is 232 Å². The average Bonchev–Trinajstić information content (AvgIpc) is 3.41. The summed E-state index contributed by atoms with van der Waals surface area (Å²) in [7, 11) is 0. The minimum absolute atomic E-state index is 0.0437. The number of hydrogen-bond acceptors (Lipinski definition) is 5. The van der Waals surface area contributed by atoms with Gasteiger partial charge >= 0.3 is 0 Å². The standard InChI is InChI=1S/C31H43N3O5/c1-7-15-32(20-23-13-10-9-11-14-23)27(36)24-25-28(37)34(17-12-18-35)26(29(38)33(16-8-2)21(3)4)31(25)19-22(5)30(24,6)39-31/h7-11,13-14,21-22,24-26,35H,1-2,12,15-20H2,3-6H3/t22?,24-,25-,26?,30+,31?/m0/s1. The predicted octanol–water partition coefficient (Wildman–Crippen LogP) is 3.02. The molecule has 3 unspecified atom stereocenters. The Kier molecular flexibility index (Phi) is 8.38. The Bertz CT molecular complexity index is 1110. The number of benzene rings is 1. The zero-order valence-electron chi connectivity index (χ0n) is 23.7. The molecule has 4 rings (SSSR count). The van der Waals surface area contributed by atoms with Crippen molar-refractivity contribution in [2.24, 2.45) is 17.8 Å². The van der Waals surface area contributed by atoms with Crippen LogP contribution in [0.15, 0.2) is 55.6 Å². The molecule has 6 atom stereocenters. The van der Waals surface area contributed by atoms with E-state index in [4.69, 9.17) is 4.74 Å². The second kappa shape index (κ2) is 11.3. The fourth-order valence-electron chi connectivity index (χ4n) is 7.12. The van der Waals surface area contributed by atoms with Gasteiger partial charge in [-0.25, -0.2) is 0 Å². The van der Waals surface area contributed by atoms with E-state index in [9.17, 15) is 19.5 Å². The van der Waals surface area contributed by atoms with Gasteiger partial charge in [-0.05, 0) is 45.1 Å². The molecule has 1 aromatic carbocycles. The molecule has 8 nitrogen and oxygen atoms in total. The van der Waals surface area contributed by atoms with E-state index >= 15 is 0 Å². The molecule has 1 spiro atoms. The second-order valence-corrected chi connectivity index (χ2v) is 11.7. The van der Waals surface area contributed by atoms with Crippen molar-refractivity contribution in [3.8, 4) is 0 Å². The van der Waals surface area contributed by atoms with Gasteiger partial charge in [-0.1, -0.05) is 49.4 Å². The third kappa shape index (κ3) is 4.72. The monoisotopic (exact) mass is 537 g/mol. The molecule has 3 aliphatic rings. The van der Waals surface area contributed by atoms with E-state index in [-0.39, 0.29) is 42.8 Å². The number of amides is 3. The maximum atomic E-state index is 14.4. The molecule has 8 heteroatoms. The lowest BCUT2D eigenvalue weighted by molar-refractivity contribution is -0.155. The van der Waals surface area contributed by atoms with E-state index in [1.54, 1.807) is 26.9 Å². The summed E-state index contributed by atoms with van der Waals surface area (Å²) >= 11 is 0. The number of hydrogen-bond donors (Lipinski definition) is 1. The first-order valence-corrected chi connectivity index (χ1v) is 14.0. The Morgan fingerprint density at radius 3 is 2.44 bits per heavy atom. The third-order valence-corrected chi connectivity index (χ3v) is 8.98. The Hall–Kier alpha value is -2.97. The first-order valence-electron chi connectivity index (χ1n) is 14.0. The summed E-state index contributed by atoms with van der Waals surface area (Å²) in [5, 5.41) is 9.60. The summed E-state index contributed by atoms with van der Waals surface area (Å²) < 4.78 is 6.85. The van der Waals surface area contributed by atoms with Crippen molar-refractivity contribution < 1.29 is 24.2 Å². The zero-order valence-corrected chi connectivity index (χ0v) is 23.7. The van der Waals surface area contributed by atoms with E-state index in [2.05, 4.69) is 13.2 Å². The molecule has 39 heavy (non-hydrogen) atoms. The van der Waals surface area contributed by atoms with Crippen LogP contribution in [0.25, 0.3) is 0 Å². The molecule has 0 aliphatic carbocycles. The summed E-state index contributed by atoms with van der Waals surface area (Å²) in [6.45, 7) is 16.7. The van der Waals surface area contributed by atoms with Crippen molar-refractivity contribution in [3.05, 3.63) is 61.2 Å². The first-order chi connectivity index (χ1) is 18.6. The minimum Gasteiger partial charge on any atom is -0.396 e. The van der Waals surface area contributed by atoms with Crippen LogP contribution in [0, 0.1) is 17.8 Å². The van der Waals surface area contributed by atoms with Gasteiger partial charge in [0.1, 0.15) is 11.6 Å². The van der Waals surface area contributed by atoms with Gasteiger partial charge in [0, 0.05) is 38.8 Å².